The van der Waals surface area contributed by atoms with Crippen LogP contribution in [0.25, 0.3) is 0 Å². The van der Waals surface area contributed by atoms with Gasteiger partial charge in [0.2, 0.25) is 0 Å². The van der Waals surface area contributed by atoms with Crippen LogP contribution in [0.2, 0.25) is 15.1 Å². The van der Waals surface area contributed by atoms with Crippen LogP contribution in [0.5, 0.6) is 0 Å². The summed E-state index contributed by atoms with van der Waals surface area (Å²) in [5, 5.41) is 2.66. The number of Topliss-reactive ketones (excluding diaryl/α,β-unsaturated/α-hetero) is 1. The molecule has 0 aromatic heterocycles. The molecule has 2 aromatic rings. The van der Waals surface area contributed by atoms with Crippen molar-refractivity contribution in [1.82, 2.24) is 10.0 Å². The van der Waals surface area contributed by atoms with E-state index in [4.69, 9.17) is 46.4 Å². The van der Waals surface area contributed by atoms with E-state index in [1.807, 2.05) is 6.92 Å². The first kappa shape index (κ1) is 26.9. The van der Waals surface area contributed by atoms with E-state index in [-0.39, 0.29) is 39.4 Å². The molecule has 36 heavy (non-hydrogen) atoms. The molecular weight excluding hydrogens is 546 g/mol. The van der Waals surface area contributed by atoms with Crippen molar-refractivity contribution in [3.05, 3.63) is 68.7 Å². The molecule has 0 N–H and O–H groups in total. The molecule has 1 aliphatic heterocycles. The molecule has 6 nitrogen and oxygen atoms in total. The molecule has 1 saturated carbocycles. The lowest BCUT2D eigenvalue weighted by molar-refractivity contribution is -0.156. The summed E-state index contributed by atoms with van der Waals surface area (Å²) in [6.07, 6.45) is 1.92. The summed E-state index contributed by atoms with van der Waals surface area (Å²) in [7, 11) is 0. The van der Waals surface area contributed by atoms with Crippen molar-refractivity contribution >= 4 is 69.9 Å². The molecule has 4 rings (SSSR count). The van der Waals surface area contributed by atoms with Gasteiger partial charge in [0.15, 0.2) is 5.78 Å². The molecule has 1 aliphatic carbocycles. The Kier molecular flexibility index (Phi) is 8.30. The van der Waals surface area contributed by atoms with Crippen LogP contribution >= 0.6 is 46.4 Å². The molecule has 2 fully saturated rings. The maximum Gasteiger partial charge on any atom is 0.273 e. The lowest BCUT2D eigenvalue weighted by atomic mass is 9.76. The molecule has 0 bridgehead atoms. The fourth-order valence-corrected chi connectivity index (χ4v) is 5.62. The SMILES string of the molecule is C[C@@H]1CC[C@@H]2C(=O)N(N(C(=O)c3ccc(Cl)c(Cl)c3)[C@H](CCCl)C(=O)c3ccc(Cl)cc3)C(=O)[C@@H]2C1. The van der Waals surface area contributed by atoms with E-state index >= 15 is 0 Å². The van der Waals surface area contributed by atoms with Crippen LogP contribution in [0.1, 0.15) is 53.3 Å². The number of amides is 3. The van der Waals surface area contributed by atoms with Gasteiger partial charge >= 0.3 is 0 Å². The van der Waals surface area contributed by atoms with E-state index < -0.39 is 41.4 Å². The number of carbonyl (C=O) groups is 4. The smallest absolute Gasteiger partial charge is 0.273 e. The minimum absolute atomic E-state index is 0.00919. The third-order valence-corrected chi connectivity index (χ3v) is 8.07. The maximum absolute atomic E-state index is 13.9. The first-order valence-electron chi connectivity index (χ1n) is 11.7. The summed E-state index contributed by atoms with van der Waals surface area (Å²) in [6, 6.07) is 9.20. The highest BCUT2D eigenvalue weighted by Gasteiger charge is 2.54. The number of ketones is 1. The Morgan fingerprint density at radius 2 is 1.58 bits per heavy atom. The number of alkyl halides is 1. The molecule has 190 valence electrons. The molecule has 3 amide bonds. The second-order valence-electron chi connectivity index (χ2n) is 9.26. The Morgan fingerprint density at radius 1 is 0.944 bits per heavy atom. The zero-order chi connectivity index (χ0) is 26.1. The van der Waals surface area contributed by atoms with Crippen molar-refractivity contribution in [2.75, 3.05) is 5.88 Å². The number of imide groups is 1. The van der Waals surface area contributed by atoms with Crippen LogP contribution < -0.4 is 0 Å². The van der Waals surface area contributed by atoms with Gasteiger partial charge in [0, 0.05) is 22.0 Å². The van der Waals surface area contributed by atoms with Gasteiger partial charge in [0.05, 0.1) is 21.9 Å². The van der Waals surface area contributed by atoms with Gasteiger partial charge in [-0.05, 0) is 74.1 Å². The first-order chi connectivity index (χ1) is 17.1. The zero-order valence-corrected chi connectivity index (χ0v) is 22.4. The lowest BCUT2D eigenvalue weighted by Crippen LogP contribution is -2.57. The first-order valence-corrected chi connectivity index (χ1v) is 13.3. The van der Waals surface area contributed by atoms with Crippen molar-refractivity contribution < 1.29 is 19.2 Å². The van der Waals surface area contributed by atoms with Gasteiger partial charge < -0.3 is 0 Å². The van der Waals surface area contributed by atoms with E-state index in [2.05, 4.69) is 0 Å². The van der Waals surface area contributed by atoms with E-state index in [1.165, 1.54) is 30.3 Å². The van der Waals surface area contributed by atoms with Gasteiger partial charge in [-0.1, -0.05) is 41.7 Å². The summed E-state index contributed by atoms with van der Waals surface area (Å²) in [4.78, 5) is 54.8. The number of rotatable bonds is 7. The molecule has 1 saturated heterocycles. The molecular formula is C26H24Cl4N2O4. The van der Waals surface area contributed by atoms with Crippen molar-refractivity contribution in [3.8, 4) is 0 Å². The second kappa shape index (κ2) is 11.1. The number of hydrazine groups is 1. The normalized spacial score (nSPS) is 22.4. The summed E-state index contributed by atoms with van der Waals surface area (Å²) < 4.78 is 0. The molecule has 1 heterocycles. The highest BCUT2D eigenvalue weighted by atomic mass is 35.5. The molecule has 4 atom stereocenters. The third-order valence-electron chi connectivity index (χ3n) is 6.86. The van der Waals surface area contributed by atoms with Gasteiger partial charge in [-0.15, -0.1) is 11.6 Å². The standard InChI is InChI=1S/C26H24Cl4N2O4/c1-14-2-8-18-19(12-14)26(36)32(25(18)35)31(24(34)16-5-9-20(29)21(30)13-16)22(10-11-27)23(33)15-3-6-17(28)7-4-15/h3-7,9,13-14,18-19,22H,2,8,10-12H2,1H3/t14-,18+,19-,22-/m1/s1. The van der Waals surface area contributed by atoms with E-state index in [0.717, 1.165) is 16.4 Å². The number of halogens is 4. The van der Waals surface area contributed by atoms with Gasteiger partial charge in [-0.3, -0.25) is 19.2 Å². The summed E-state index contributed by atoms with van der Waals surface area (Å²) >= 11 is 24.3. The number of nitrogens with zero attached hydrogens (tertiary/aromatic N) is 2. The van der Waals surface area contributed by atoms with Crippen molar-refractivity contribution in [1.29, 1.82) is 0 Å². The van der Waals surface area contributed by atoms with Crippen LogP contribution in [0.4, 0.5) is 0 Å². The fraction of sp³-hybridized carbons (Fsp3) is 0.385. The molecule has 10 heteroatoms. The number of fused-ring (bicyclic) bond motifs is 1. The van der Waals surface area contributed by atoms with Crippen molar-refractivity contribution in [2.45, 2.75) is 38.6 Å². The van der Waals surface area contributed by atoms with Gasteiger partial charge in [-0.2, -0.15) is 5.01 Å². The van der Waals surface area contributed by atoms with E-state index in [9.17, 15) is 19.2 Å². The Morgan fingerprint density at radius 3 is 2.22 bits per heavy atom. The van der Waals surface area contributed by atoms with Crippen molar-refractivity contribution in [2.24, 2.45) is 17.8 Å². The second-order valence-corrected chi connectivity index (χ2v) is 10.9. The largest absolute Gasteiger partial charge is 0.292 e. The van der Waals surface area contributed by atoms with Crippen molar-refractivity contribution in [3.63, 3.8) is 0 Å². The quantitative estimate of drug-likeness (QED) is 0.222. The Hall–Kier alpha value is -2.12. The monoisotopic (exact) mass is 568 g/mol. The summed E-state index contributed by atoms with van der Waals surface area (Å²) in [5.74, 6) is -2.93. The lowest BCUT2D eigenvalue weighted by Gasteiger charge is -2.36. The minimum Gasteiger partial charge on any atom is -0.292 e. The molecule has 2 aliphatic rings. The topological polar surface area (TPSA) is 74.8 Å². The van der Waals surface area contributed by atoms with Crippen LogP contribution in [-0.2, 0) is 9.59 Å². The van der Waals surface area contributed by atoms with Crippen LogP contribution in [0, 0.1) is 17.8 Å². The number of hydrogen-bond acceptors (Lipinski definition) is 4. The number of benzene rings is 2. The van der Waals surface area contributed by atoms with Gasteiger partial charge in [-0.25, -0.2) is 5.01 Å². The van der Waals surface area contributed by atoms with E-state index in [1.54, 1.807) is 12.1 Å². The predicted octanol–water partition coefficient (Wildman–Crippen LogP) is 6.31. The highest BCUT2D eigenvalue weighted by molar-refractivity contribution is 6.42. The molecule has 0 unspecified atom stereocenters. The average Bonchev–Trinajstić information content (AvgIpc) is 3.09. The van der Waals surface area contributed by atoms with Crippen LogP contribution in [0.15, 0.2) is 42.5 Å². The maximum atomic E-state index is 13.9. The number of hydrogen-bond donors (Lipinski definition) is 0. The average molecular weight is 570 g/mol. The highest BCUT2D eigenvalue weighted by Crippen LogP contribution is 2.42. The van der Waals surface area contributed by atoms with E-state index in [0.29, 0.717) is 17.9 Å². The Balaban J connectivity index is 1.81. The summed E-state index contributed by atoms with van der Waals surface area (Å²) in [6.45, 7) is 2.04. The van der Waals surface area contributed by atoms with Gasteiger partial charge in [0.1, 0.15) is 6.04 Å². The van der Waals surface area contributed by atoms with Crippen LogP contribution in [0.3, 0.4) is 0 Å². The third kappa shape index (κ3) is 5.14. The number of carbonyl (C=O) groups excluding carboxylic acids is 4. The minimum atomic E-state index is -1.21. The zero-order valence-electron chi connectivity index (χ0n) is 19.4. The summed E-state index contributed by atoms with van der Waals surface area (Å²) in [5.41, 5.74) is 0.350. The predicted molar refractivity (Wildman–Crippen MR) is 139 cm³/mol. The van der Waals surface area contributed by atoms with Crippen LogP contribution in [-0.4, -0.2) is 45.4 Å². The molecule has 2 aromatic carbocycles. The molecule has 0 radical (unpaired) electrons. The molecule has 0 spiro atoms. The fourth-order valence-electron chi connectivity index (χ4n) is 4.99. The van der Waals surface area contributed by atoms with Gasteiger partial charge in [0.25, 0.3) is 17.7 Å². The Bertz CT molecular complexity index is 1200. The Labute approximate surface area is 229 Å².